The molecule has 0 saturated carbocycles. The first kappa shape index (κ1) is 24.7. The first-order valence-electron chi connectivity index (χ1n) is 10.1. The number of halogens is 2. The number of esters is 1. The van der Waals surface area contributed by atoms with Crippen LogP contribution in [0.1, 0.15) is 32.5 Å². The van der Waals surface area contributed by atoms with Crippen molar-refractivity contribution < 1.29 is 29.0 Å². The van der Waals surface area contributed by atoms with Crippen LogP contribution in [0.5, 0.6) is 5.75 Å². The van der Waals surface area contributed by atoms with Crippen LogP contribution in [0.2, 0.25) is 10.0 Å². The average Bonchev–Trinajstić information content (AvgIpc) is 3.36. The van der Waals surface area contributed by atoms with Crippen molar-refractivity contribution in [1.29, 1.82) is 0 Å². The maximum Gasteiger partial charge on any atom is 0.350 e. The van der Waals surface area contributed by atoms with Crippen molar-refractivity contribution >= 4 is 63.1 Å². The second-order valence-corrected chi connectivity index (χ2v) is 9.27. The molecule has 11 heteroatoms. The number of hydrogen-bond acceptors (Lipinski definition) is 8. The van der Waals surface area contributed by atoms with Gasteiger partial charge < -0.3 is 14.6 Å². The molecule has 0 aliphatic carbocycles. The standard InChI is InChI=1S/C24H18Cl2N2O6S/c1-11-21(23(32)34-3)35-24(27-11)28-18(12-7-8-15(25)16(26)10-12)17(20(30)22(28)31)19(29)13-5-4-6-14(9-13)33-2/h4-10,18,29H,1-3H3. The number of nitrogens with zero attached hydrogens (tertiary/aromatic N) is 2. The van der Waals surface area contributed by atoms with E-state index in [2.05, 4.69) is 4.98 Å². The number of aromatic nitrogens is 1. The van der Waals surface area contributed by atoms with Gasteiger partial charge >= 0.3 is 11.9 Å². The highest BCUT2D eigenvalue weighted by Crippen LogP contribution is 2.45. The monoisotopic (exact) mass is 532 g/mol. The second-order valence-electron chi connectivity index (χ2n) is 7.48. The summed E-state index contributed by atoms with van der Waals surface area (Å²) in [6.07, 6.45) is 0. The fourth-order valence-electron chi connectivity index (χ4n) is 3.72. The van der Waals surface area contributed by atoms with Crippen LogP contribution in [0.15, 0.2) is 48.0 Å². The van der Waals surface area contributed by atoms with Crippen LogP contribution in [-0.2, 0) is 14.3 Å². The molecule has 1 aliphatic rings. The number of aliphatic hydroxyl groups is 1. The number of amides is 1. The fraction of sp³-hybridized carbons (Fsp3) is 0.167. The van der Waals surface area contributed by atoms with Gasteiger partial charge in [-0.25, -0.2) is 9.78 Å². The quantitative estimate of drug-likeness (QED) is 0.209. The van der Waals surface area contributed by atoms with Crippen LogP contribution in [0.4, 0.5) is 5.13 Å². The van der Waals surface area contributed by atoms with Crippen molar-refractivity contribution in [3.63, 3.8) is 0 Å². The Balaban J connectivity index is 1.96. The second kappa shape index (κ2) is 9.69. The van der Waals surface area contributed by atoms with Crippen molar-refractivity contribution in [3.05, 3.63) is 79.8 Å². The lowest BCUT2D eigenvalue weighted by molar-refractivity contribution is -0.132. The molecule has 180 valence electrons. The van der Waals surface area contributed by atoms with Crippen LogP contribution in [0.25, 0.3) is 5.76 Å². The molecule has 3 aromatic rings. The number of carbonyl (C=O) groups excluding carboxylic acids is 3. The molecule has 1 saturated heterocycles. The van der Waals surface area contributed by atoms with Gasteiger partial charge in [0.25, 0.3) is 5.78 Å². The number of ketones is 1. The molecule has 35 heavy (non-hydrogen) atoms. The summed E-state index contributed by atoms with van der Waals surface area (Å²) in [6, 6.07) is 9.98. The van der Waals surface area contributed by atoms with Gasteiger partial charge in [0.15, 0.2) is 5.13 Å². The summed E-state index contributed by atoms with van der Waals surface area (Å²) in [5, 5.41) is 11.8. The highest BCUT2D eigenvalue weighted by atomic mass is 35.5. The molecule has 1 unspecified atom stereocenters. The van der Waals surface area contributed by atoms with Gasteiger partial charge in [-0.3, -0.25) is 14.5 Å². The summed E-state index contributed by atoms with van der Waals surface area (Å²) in [7, 11) is 2.70. The van der Waals surface area contributed by atoms with Crippen molar-refractivity contribution in [2.24, 2.45) is 0 Å². The van der Waals surface area contributed by atoms with Gasteiger partial charge in [0.05, 0.1) is 41.6 Å². The maximum absolute atomic E-state index is 13.3. The Kier molecular flexibility index (Phi) is 6.84. The van der Waals surface area contributed by atoms with E-state index in [1.54, 1.807) is 31.2 Å². The van der Waals surface area contributed by atoms with Crippen LogP contribution in [-0.4, -0.2) is 42.0 Å². The van der Waals surface area contributed by atoms with Crippen molar-refractivity contribution in [2.75, 3.05) is 19.1 Å². The summed E-state index contributed by atoms with van der Waals surface area (Å²) in [4.78, 5) is 44.3. The Morgan fingerprint density at radius 1 is 1.11 bits per heavy atom. The smallest absolute Gasteiger partial charge is 0.350 e. The van der Waals surface area contributed by atoms with Gasteiger partial charge in [-0.15, -0.1) is 0 Å². The number of rotatable bonds is 5. The van der Waals surface area contributed by atoms with Crippen LogP contribution in [0.3, 0.4) is 0 Å². The Bertz CT molecular complexity index is 1400. The lowest BCUT2D eigenvalue weighted by Gasteiger charge is -2.23. The molecule has 0 radical (unpaired) electrons. The van der Waals surface area contributed by atoms with Gasteiger partial charge in [-0.2, -0.15) is 0 Å². The fourth-order valence-corrected chi connectivity index (χ4v) is 5.04. The summed E-state index contributed by atoms with van der Waals surface area (Å²) >= 11 is 13.2. The average molecular weight is 533 g/mol. The zero-order valence-electron chi connectivity index (χ0n) is 18.7. The largest absolute Gasteiger partial charge is 0.507 e. The van der Waals surface area contributed by atoms with E-state index in [1.165, 1.54) is 32.4 Å². The third kappa shape index (κ3) is 4.38. The number of aryl methyl sites for hydroxylation is 1. The zero-order chi connectivity index (χ0) is 25.4. The van der Waals surface area contributed by atoms with Crippen molar-refractivity contribution in [1.82, 2.24) is 4.98 Å². The molecule has 2 aromatic carbocycles. The van der Waals surface area contributed by atoms with E-state index in [9.17, 15) is 19.5 Å². The molecule has 1 atom stereocenters. The summed E-state index contributed by atoms with van der Waals surface area (Å²) in [5.41, 5.74) is 0.849. The molecule has 4 rings (SSSR count). The molecule has 1 aliphatic heterocycles. The van der Waals surface area contributed by atoms with E-state index in [4.69, 9.17) is 32.7 Å². The molecular weight excluding hydrogens is 515 g/mol. The number of ether oxygens (including phenoxy) is 2. The van der Waals surface area contributed by atoms with E-state index in [-0.39, 0.29) is 31.2 Å². The molecule has 1 N–H and O–H groups in total. The number of thiazole rings is 1. The molecule has 1 fully saturated rings. The third-order valence-electron chi connectivity index (χ3n) is 5.41. The number of anilines is 1. The van der Waals surface area contributed by atoms with Crippen LogP contribution in [0, 0.1) is 6.92 Å². The molecule has 1 amide bonds. The molecule has 1 aromatic heterocycles. The van der Waals surface area contributed by atoms with Gasteiger partial charge in [-0.1, -0.05) is 52.7 Å². The lowest BCUT2D eigenvalue weighted by atomic mass is 9.95. The number of benzene rings is 2. The van der Waals surface area contributed by atoms with Gasteiger partial charge in [0.2, 0.25) is 0 Å². The molecule has 0 bridgehead atoms. The van der Waals surface area contributed by atoms with Crippen LogP contribution >= 0.6 is 34.5 Å². The molecular formula is C24H18Cl2N2O6S. The lowest BCUT2D eigenvalue weighted by Crippen LogP contribution is -2.29. The Morgan fingerprint density at radius 3 is 2.51 bits per heavy atom. The number of Topliss-reactive ketones (excluding diaryl/α,β-unsaturated/α-hetero) is 1. The third-order valence-corrected chi connectivity index (χ3v) is 7.28. The summed E-state index contributed by atoms with van der Waals surface area (Å²) in [6.45, 7) is 1.59. The predicted molar refractivity (Wildman–Crippen MR) is 132 cm³/mol. The topological polar surface area (TPSA) is 106 Å². The Morgan fingerprint density at radius 2 is 1.86 bits per heavy atom. The first-order valence-corrected chi connectivity index (χ1v) is 11.7. The SMILES string of the molecule is COC(=O)c1sc(N2C(=O)C(=O)C(=C(O)c3cccc(OC)c3)C2c2ccc(Cl)c(Cl)c2)nc1C. The maximum atomic E-state index is 13.3. The predicted octanol–water partition coefficient (Wildman–Crippen LogP) is 5.18. The first-order chi connectivity index (χ1) is 16.7. The minimum absolute atomic E-state index is 0.0887. The number of carbonyl (C=O) groups is 3. The van der Waals surface area contributed by atoms with E-state index in [1.807, 2.05) is 0 Å². The minimum Gasteiger partial charge on any atom is -0.507 e. The van der Waals surface area contributed by atoms with Crippen molar-refractivity contribution in [3.8, 4) is 5.75 Å². The van der Waals surface area contributed by atoms with E-state index < -0.39 is 29.5 Å². The van der Waals surface area contributed by atoms with E-state index >= 15 is 0 Å². The van der Waals surface area contributed by atoms with Gasteiger partial charge in [-0.05, 0) is 36.8 Å². The number of aliphatic hydroxyl groups excluding tert-OH is 1. The van der Waals surface area contributed by atoms with Gasteiger partial charge in [0, 0.05) is 5.56 Å². The van der Waals surface area contributed by atoms with Crippen molar-refractivity contribution in [2.45, 2.75) is 13.0 Å². The summed E-state index contributed by atoms with van der Waals surface area (Å²) in [5.74, 6) is -2.41. The Hall–Kier alpha value is -3.40. The molecule has 8 nitrogen and oxygen atoms in total. The molecule has 2 heterocycles. The highest BCUT2D eigenvalue weighted by molar-refractivity contribution is 7.17. The highest BCUT2D eigenvalue weighted by Gasteiger charge is 2.48. The van der Waals surface area contributed by atoms with Crippen LogP contribution < -0.4 is 9.64 Å². The van der Waals surface area contributed by atoms with E-state index in [0.717, 1.165) is 16.2 Å². The zero-order valence-corrected chi connectivity index (χ0v) is 21.0. The number of methoxy groups -OCH3 is 2. The Labute approximate surface area is 214 Å². The molecule has 0 spiro atoms. The normalized spacial score (nSPS) is 17.1. The minimum atomic E-state index is -1.09. The summed E-state index contributed by atoms with van der Waals surface area (Å²) < 4.78 is 10.0. The van der Waals surface area contributed by atoms with Gasteiger partial charge in [0.1, 0.15) is 16.4 Å². The van der Waals surface area contributed by atoms with E-state index in [0.29, 0.717) is 17.0 Å². The number of hydrogen-bond donors (Lipinski definition) is 1.